The lowest BCUT2D eigenvalue weighted by Crippen LogP contribution is -2.56. The normalized spacial score (nSPS) is 21.4. The van der Waals surface area contributed by atoms with Gasteiger partial charge in [-0.2, -0.15) is 0 Å². The fraction of sp³-hybridized carbons (Fsp3) is 0.583. The number of nitrogens with one attached hydrogen (secondary N) is 2. The Hall–Kier alpha value is -0.910. The summed E-state index contributed by atoms with van der Waals surface area (Å²) in [6.07, 6.45) is 0. The predicted octanol–water partition coefficient (Wildman–Crippen LogP) is 0.576. The van der Waals surface area contributed by atoms with Crippen molar-refractivity contribution in [3.63, 3.8) is 0 Å². The summed E-state index contributed by atoms with van der Waals surface area (Å²) < 4.78 is 0. The molecule has 17 heavy (non-hydrogen) atoms. The van der Waals surface area contributed by atoms with E-state index in [-0.39, 0.29) is 11.9 Å². The van der Waals surface area contributed by atoms with E-state index < -0.39 is 0 Å². The SMILES string of the molecule is CNC(=O)C1CNCCN1Cc1ccc(C)s1. The maximum absolute atomic E-state index is 11.8. The van der Waals surface area contributed by atoms with Crippen molar-refractivity contribution >= 4 is 17.2 Å². The number of aryl methyl sites for hydroxylation is 1. The van der Waals surface area contributed by atoms with E-state index in [1.54, 1.807) is 7.05 Å². The Labute approximate surface area is 106 Å². The molecule has 1 aromatic heterocycles. The molecule has 2 N–H and O–H groups in total. The molecule has 2 heterocycles. The van der Waals surface area contributed by atoms with Crippen LogP contribution in [0.15, 0.2) is 12.1 Å². The van der Waals surface area contributed by atoms with Crippen LogP contribution in [0.4, 0.5) is 0 Å². The van der Waals surface area contributed by atoms with Crippen LogP contribution in [0, 0.1) is 6.92 Å². The van der Waals surface area contributed by atoms with Crippen molar-refractivity contribution in [1.82, 2.24) is 15.5 Å². The van der Waals surface area contributed by atoms with Crippen molar-refractivity contribution in [3.05, 3.63) is 21.9 Å². The molecule has 94 valence electrons. The van der Waals surface area contributed by atoms with Gasteiger partial charge >= 0.3 is 0 Å². The van der Waals surface area contributed by atoms with Crippen molar-refractivity contribution in [2.45, 2.75) is 19.5 Å². The van der Waals surface area contributed by atoms with E-state index in [4.69, 9.17) is 0 Å². The second-order valence-corrected chi connectivity index (χ2v) is 5.69. The quantitative estimate of drug-likeness (QED) is 0.828. The number of carbonyl (C=O) groups excluding carboxylic acids is 1. The minimum Gasteiger partial charge on any atom is -0.358 e. The van der Waals surface area contributed by atoms with Crippen molar-refractivity contribution in [3.8, 4) is 0 Å². The summed E-state index contributed by atoms with van der Waals surface area (Å²) >= 11 is 1.81. The van der Waals surface area contributed by atoms with Gasteiger partial charge in [-0.05, 0) is 19.1 Å². The lowest BCUT2D eigenvalue weighted by Gasteiger charge is -2.34. The van der Waals surface area contributed by atoms with Gasteiger partial charge in [0.15, 0.2) is 0 Å². The van der Waals surface area contributed by atoms with Crippen molar-refractivity contribution in [2.75, 3.05) is 26.7 Å². The average Bonchev–Trinajstić information content (AvgIpc) is 2.74. The average molecular weight is 253 g/mol. The smallest absolute Gasteiger partial charge is 0.238 e. The summed E-state index contributed by atoms with van der Waals surface area (Å²) in [7, 11) is 1.70. The van der Waals surface area contributed by atoms with Crippen molar-refractivity contribution < 1.29 is 4.79 Å². The Morgan fingerprint density at radius 2 is 2.47 bits per heavy atom. The van der Waals surface area contributed by atoms with Crippen molar-refractivity contribution in [2.24, 2.45) is 0 Å². The molecular formula is C12H19N3OS. The highest BCUT2D eigenvalue weighted by Crippen LogP contribution is 2.18. The number of hydrogen-bond acceptors (Lipinski definition) is 4. The van der Waals surface area contributed by atoms with Gasteiger partial charge in [0.05, 0.1) is 0 Å². The van der Waals surface area contributed by atoms with Crippen LogP contribution in [0.25, 0.3) is 0 Å². The van der Waals surface area contributed by atoms with Gasteiger partial charge in [0.1, 0.15) is 6.04 Å². The molecule has 5 heteroatoms. The molecule has 0 spiro atoms. The third kappa shape index (κ3) is 3.06. The molecular weight excluding hydrogens is 234 g/mol. The van der Waals surface area contributed by atoms with Gasteiger partial charge < -0.3 is 10.6 Å². The highest BCUT2D eigenvalue weighted by atomic mass is 32.1. The number of likely N-dealkylation sites (N-methyl/N-ethyl adjacent to an activating group) is 1. The monoisotopic (exact) mass is 253 g/mol. The van der Waals surface area contributed by atoms with Crippen molar-refractivity contribution in [1.29, 1.82) is 0 Å². The van der Waals surface area contributed by atoms with Gasteiger partial charge in [0, 0.05) is 43.0 Å². The predicted molar refractivity (Wildman–Crippen MR) is 70.2 cm³/mol. The molecule has 0 radical (unpaired) electrons. The minimum atomic E-state index is -0.0452. The first-order valence-electron chi connectivity index (χ1n) is 5.92. The number of rotatable bonds is 3. The largest absolute Gasteiger partial charge is 0.358 e. The van der Waals surface area contributed by atoms with Gasteiger partial charge in [-0.15, -0.1) is 11.3 Å². The Morgan fingerprint density at radius 3 is 3.12 bits per heavy atom. The van der Waals surface area contributed by atoms with Crippen LogP contribution >= 0.6 is 11.3 Å². The molecule has 1 aromatic rings. The van der Waals surface area contributed by atoms with E-state index in [0.29, 0.717) is 0 Å². The molecule has 1 aliphatic heterocycles. The molecule has 0 aromatic carbocycles. The Balaban J connectivity index is 2.03. The fourth-order valence-electron chi connectivity index (χ4n) is 2.13. The molecule has 0 saturated carbocycles. The molecule has 1 amide bonds. The van der Waals surface area contributed by atoms with Crippen LogP contribution in [-0.2, 0) is 11.3 Å². The second kappa shape index (κ2) is 5.62. The van der Waals surface area contributed by atoms with E-state index in [0.717, 1.165) is 26.2 Å². The fourth-order valence-corrected chi connectivity index (χ4v) is 3.05. The van der Waals surface area contributed by atoms with E-state index in [1.807, 2.05) is 11.3 Å². The summed E-state index contributed by atoms with van der Waals surface area (Å²) in [6.45, 7) is 5.61. The Kier molecular flexibility index (Phi) is 4.15. The zero-order valence-electron chi connectivity index (χ0n) is 10.3. The lowest BCUT2D eigenvalue weighted by molar-refractivity contribution is -0.126. The molecule has 1 saturated heterocycles. The van der Waals surface area contributed by atoms with Crippen LogP contribution in [0.3, 0.4) is 0 Å². The number of thiophene rings is 1. The summed E-state index contributed by atoms with van der Waals surface area (Å²) in [6, 6.07) is 4.25. The number of amides is 1. The molecule has 0 bridgehead atoms. The summed E-state index contributed by atoms with van der Waals surface area (Å²) in [5, 5.41) is 6.01. The minimum absolute atomic E-state index is 0.0452. The first-order valence-corrected chi connectivity index (χ1v) is 6.74. The molecule has 2 rings (SSSR count). The molecule has 0 aliphatic carbocycles. The molecule has 4 nitrogen and oxygen atoms in total. The standard InChI is InChI=1S/C12H19N3OS/c1-9-3-4-10(17-9)8-15-6-5-14-7-11(15)12(16)13-2/h3-4,11,14H,5-8H2,1-2H3,(H,13,16). The molecule has 1 aliphatic rings. The van der Waals surface area contributed by atoms with Gasteiger partial charge in [0.25, 0.3) is 0 Å². The maximum atomic E-state index is 11.8. The topological polar surface area (TPSA) is 44.4 Å². The number of nitrogens with zero attached hydrogens (tertiary/aromatic N) is 1. The first kappa shape index (κ1) is 12.5. The first-order chi connectivity index (χ1) is 8.20. The zero-order valence-corrected chi connectivity index (χ0v) is 11.1. The molecule has 1 atom stereocenters. The third-order valence-corrected chi connectivity index (χ3v) is 4.04. The van der Waals surface area contributed by atoms with Crippen LogP contribution in [0.1, 0.15) is 9.75 Å². The Bertz CT molecular complexity index is 391. The third-order valence-electron chi connectivity index (χ3n) is 3.06. The summed E-state index contributed by atoms with van der Waals surface area (Å²) in [4.78, 5) is 16.7. The number of carbonyl (C=O) groups is 1. The van der Waals surface area contributed by atoms with E-state index in [2.05, 4.69) is 34.6 Å². The maximum Gasteiger partial charge on any atom is 0.238 e. The van der Waals surface area contributed by atoms with Gasteiger partial charge in [-0.1, -0.05) is 0 Å². The molecule has 1 fully saturated rings. The Morgan fingerprint density at radius 1 is 1.65 bits per heavy atom. The van der Waals surface area contributed by atoms with E-state index in [9.17, 15) is 4.79 Å². The van der Waals surface area contributed by atoms with Crippen LogP contribution in [0.5, 0.6) is 0 Å². The lowest BCUT2D eigenvalue weighted by atomic mass is 10.1. The number of piperazine rings is 1. The van der Waals surface area contributed by atoms with Crippen LogP contribution in [-0.4, -0.2) is 43.5 Å². The summed E-state index contributed by atoms with van der Waals surface area (Å²) in [5.41, 5.74) is 0. The van der Waals surface area contributed by atoms with Crippen LogP contribution < -0.4 is 10.6 Å². The second-order valence-electron chi connectivity index (χ2n) is 4.32. The van der Waals surface area contributed by atoms with E-state index in [1.165, 1.54) is 9.75 Å². The van der Waals surface area contributed by atoms with Gasteiger partial charge in [-0.25, -0.2) is 0 Å². The van der Waals surface area contributed by atoms with Gasteiger partial charge in [0.2, 0.25) is 5.91 Å². The van der Waals surface area contributed by atoms with Crippen LogP contribution in [0.2, 0.25) is 0 Å². The summed E-state index contributed by atoms with van der Waals surface area (Å²) in [5.74, 6) is 0.102. The number of hydrogen-bond donors (Lipinski definition) is 2. The van der Waals surface area contributed by atoms with E-state index >= 15 is 0 Å². The highest BCUT2D eigenvalue weighted by Gasteiger charge is 2.27. The van der Waals surface area contributed by atoms with Gasteiger partial charge in [-0.3, -0.25) is 9.69 Å². The zero-order chi connectivity index (χ0) is 12.3. The molecule has 1 unspecified atom stereocenters. The highest BCUT2D eigenvalue weighted by molar-refractivity contribution is 7.11.